The summed E-state index contributed by atoms with van der Waals surface area (Å²) in [6, 6.07) is 7.83. The summed E-state index contributed by atoms with van der Waals surface area (Å²) in [5.41, 5.74) is 0.0127. The molecule has 0 aliphatic heterocycles. The maximum absolute atomic E-state index is 12.0. The third-order valence-corrected chi connectivity index (χ3v) is 2.54. The Hall–Kier alpha value is -3.34. The number of carboxylic acid groups (broad SMARTS) is 1. The monoisotopic (exact) mass is 317 g/mol. The first kappa shape index (κ1) is 17.7. The van der Waals surface area contributed by atoms with Gasteiger partial charge in [-0.05, 0) is 19.1 Å². The average Bonchev–Trinajstić information content (AvgIpc) is 2.52. The molecular formula is C15H15N3O5. The van der Waals surface area contributed by atoms with Gasteiger partial charge in [0.2, 0.25) is 0 Å². The Labute approximate surface area is 132 Å². The largest absolute Gasteiger partial charge is 0.480 e. The number of anilines is 1. The minimum Gasteiger partial charge on any atom is -0.480 e. The van der Waals surface area contributed by atoms with Crippen LogP contribution in [-0.4, -0.2) is 36.1 Å². The molecule has 23 heavy (non-hydrogen) atoms. The van der Waals surface area contributed by atoms with E-state index in [1.54, 1.807) is 25.1 Å². The van der Waals surface area contributed by atoms with Crippen molar-refractivity contribution < 1.29 is 24.2 Å². The molecule has 0 saturated heterocycles. The van der Waals surface area contributed by atoms with Crippen molar-refractivity contribution in [2.75, 3.05) is 18.5 Å². The van der Waals surface area contributed by atoms with Gasteiger partial charge in [-0.15, -0.1) is 0 Å². The fourth-order valence-electron chi connectivity index (χ4n) is 1.56. The molecule has 0 aliphatic carbocycles. The van der Waals surface area contributed by atoms with E-state index in [9.17, 15) is 14.4 Å². The molecule has 0 spiro atoms. The van der Waals surface area contributed by atoms with Crippen LogP contribution >= 0.6 is 0 Å². The Bertz CT molecular complexity index is 676. The smallest absolute Gasteiger partial charge is 0.340 e. The van der Waals surface area contributed by atoms with Crippen LogP contribution in [0.3, 0.4) is 0 Å². The second-order valence-electron chi connectivity index (χ2n) is 4.16. The molecule has 3 N–H and O–H groups in total. The molecule has 8 nitrogen and oxygen atoms in total. The van der Waals surface area contributed by atoms with Gasteiger partial charge in [-0.25, -0.2) is 4.79 Å². The highest BCUT2D eigenvalue weighted by Crippen LogP contribution is 2.17. The van der Waals surface area contributed by atoms with Crippen LogP contribution in [0.1, 0.15) is 17.3 Å². The molecule has 1 aromatic carbocycles. The van der Waals surface area contributed by atoms with E-state index in [2.05, 4.69) is 10.6 Å². The topological polar surface area (TPSA) is 129 Å². The summed E-state index contributed by atoms with van der Waals surface area (Å²) < 4.78 is 4.88. The number of hydrogen-bond acceptors (Lipinski definition) is 6. The highest BCUT2D eigenvalue weighted by Gasteiger charge is 2.16. The molecule has 0 aromatic heterocycles. The number of amides is 1. The van der Waals surface area contributed by atoms with Gasteiger partial charge in [-0.1, -0.05) is 12.1 Å². The van der Waals surface area contributed by atoms with Crippen molar-refractivity contribution in [3.05, 3.63) is 41.6 Å². The van der Waals surface area contributed by atoms with Crippen LogP contribution in [0, 0.1) is 11.3 Å². The van der Waals surface area contributed by atoms with Crippen LogP contribution in [-0.2, 0) is 14.3 Å². The second kappa shape index (κ2) is 8.84. The number of nitriles is 1. The number of carbonyl (C=O) groups is 3. The van der Waals surface area contributed by atoms with Crippen molar-refractivity contribution in [2.45, 2.75) is 6.92 Å². The molecule has 1 rings (SSSR count). The first-order chi connectivity index (χ1) is 11.0. The molecule has 0 heterocycles. The molecule has 0 bridgehead atoms. The van der Waals surface area contributed by atoms with E-state index in [0.717, 1.165) is 6.20 Å². The fourth-order valence-corrected chi connectivity index (χ4v) is 1.56. The Kier molecular flexibility index (Phi) is 6.81. The molecule has 0 atom stereocenters. The third-order valence-electron chi connectivity index (χ3n) is 2.54. The van der Waals surface area contributed by atoms with Gasteiger partial charge >= 0.3 is 11.9 Å². The molecule has 0 radical (unpaired) electrons. The molecule has 1 aromatic rings. The number of carboxylic acids is 1. The molecule has 0 aliphatic rings. The average molecular weight is 317 g/mol. The number of nitrogens with zero attached hydrogens (tertiary/aromatic N) is 1. The van der Waals surface area contributed by atoms with Crippen molar-refractivity contribution in [2.24, 2.45) is 0 Å². The fraction of sp³-hybridized carbons (Fsp3) is 0.200. The van der Waals surface area contributed by atoms with Crippen LogP contribution in [0.25, 0.3) is 0 Å². The highest BCUT2D eigenvalue weighted by atomic mass is 16.5. The number of benzene rings is 1. The first-order valence-electron chi connectivity index (χ1n) is 6.62. The zero-order valence-corrected chi connectivity index (χ0v) is 12.3. The lowest BCUT2D eigenvalue weighted by atomic mass is 10.1. The molecule has 0 unspecified atom stereocenters. The SMILES string of the molecule is CCOC(=O)c1ccccc1NC(=O)/C(C#N)=C\NCC(=O)O. The van der Waals surface area contributed by atoms with Gasteiger partial charge in [0.15, 0.2) is 0 Å². The summed E-state index contributed by atoms with van der Waals surface area (Å²) in [7, 11) is 0. The lowest BCUT2D eigenvalue weighted by Crippen LogP contribution is -2.21. The minimum absolute atomic E-state index is 0.151. The number of ether oxygens (including phenoxy) is 1. The molecular weight excluding hydrogens is 302 g/mol. The summed E-state index contributed by atoms with van der Waals surface area (Å²) >= 11 is 0. The Balaban J connectivity index is 2.90. The van der Waals surface area contributed by atoms with E-state index < -0.39 is 24.4 Å². The normalized spacial score (nSPS) is 10.3. The van der Waals surface area contributed by atoms with Crippen molar-refractivity contribution in [3.8, 4) is 6.07 Å². The van der Waals surface area contributed by atoms with E-state index in [4.69, 9.17) is 15.1 Å². The summed E-state index contributed by atoms with van der Waals surface area (Å²) in [5, 5.41) is 22.2. The van der Waals surface area contributed by atoms with E-state index >= 15 is 0 Å². The van der Waals surface area contributed by atoms with Gasteiger partial charge in [-0.3, -0.25) is 9.59 Å². The predicted molar refractivity (Wildman–Crippen MR) is 80.4 cm³/mol. The number of para-hydroxylation sites is 1. The number of aliphatic carboxylic acids is 1. The first-order valence-corrected chi connectivity index (χ1v) is 6.62. The Morgan fingerprint density at radius 1 is 1.35 bits per heavy atom. The maximum atomic E-state index is 12.0. The third kappa shape index (κ3) is 5.51. The van der Waals surface area contributed by atoms with Crippen LogP contribution in [0.4, 0.5) is 5.69 Å². The van der Waals surface area contributed by atoms with E-state index in [-0.39, 0.29) is 23.4 Å². The van der Waals surface area contributed by atoms with E-state index in [1.165, 1.54) is 12.1 Å². The van der Waals surface area contributed by atoms with Crippen molar-refractivity contribution >= 4 is 23.5 Å². The summed E-state index contributed by atoms with van der Waals surface area (Å²) in [6.07, 6.45) is 0.996. The Morgan fingerprint density at radius 2 is 2.04 bits per heavy atom. The number of carbonyl (C=O) groups excluding carboxylic acids is 2. The zero-order valence-electron chi connectivity index (χ0n) is 12.3. The lowest BCUT2D eigenvalue weighted by molar-refractivity contribution is -0.135. The van der Waals surface area contributed by atoms with E-state index in [0.29, 0.717) is 0 Å². The van der Waals surface area contributed by atoms with Gasteiger partial charge in [0.25, 0.3) is 5.91 Å². The molecule has 0 saturated carbocycles. The number of nitrogens with one attached hydrogen (secondary N) is 2. The maximum Gasteiger partial charge on any atom is 0.340 e. The van der Waals surface area contributed by atoms with Crippen LogP contribution in [0.5, 0.6) is 0 Å². The van der Waals surface area contributed by atoms with Crippen LogP contribution in [0.15, 0.2) is 36.0 Å². The molecule has 0 fully saturated rings. The van der Waals surface area contributed by atoms with Gasteiger partial charge in [0.05, 0.1) is 17.9 Å². The number of hydrogen-bond donors (Lipinski definition) is 3. The highest BCUT2D eigenvalue weighted by molar-refractivity contribution is 6.09. The zero-order chi connectivity index (χ0) is 17.2. The van der Waals surface area contributed by atoms with Gasteiger partial charge in [0, 0.05) is 6.20 Å². The molecule has 8 heteroatoms. The lowest BCUT2D eigenvalue weighted by Gasteiger charge is -2.09. The van der Waals surface area contributed by atoms with Crippen molar-refractivity contribution in [1.82, 2.24) is 5.32 Å². The number of rotatable bonds is 7. The summed E-state index contributed by atoms with van der Waals surface area (Å²) in [6.45, 7) is 1.41. The standard InChI is InChI=1S/C15H15N3O5/c1-2-23-15(22)11-5-3-4-6-12(11)18-14(21)10(7-16)8-17-9-13(19)20/h3-6,8,17H,2,9H2,1H3,(H,18,21)(H,19,20)/b10-8-. The van der Waals surface area contributed by atoms with Crippen LogP contribution < -0.4 is 10.6 Å². The predicted octanol–water partition coefficient (Wildman–Crippen LogP) is 0.883. The minimum atomic E-state index is -1.13. The van der Waals surface area contributed by atoms with Gasteiger partial charge in [0.1, 0.15) is 18.2 Å². The summed E-state index contributed by atoms with van der Waals surface area (Å²) in [4.78, 5) is 34.2. The van der Waals surface area contributed by atoms with Gasteiger partial charge < -0.3 is 20.5 Å². The Morgan fingerprint density at radius 3 is 2.65 bits per heavy atom. The molecule has 120 valence electrons. The van der Waals surface area contributed by atoms with E-state index in [1.807, 2.05) is 0 Å². The quantitative estimate of drug-likeness (QED) is 0.387. The second-order valence-corrected chi connectivity index (χ2v) is 4.16. The number of esters is 1. The van der Waals surface area contributed by atoms with Crippen molar-refractivity contribution in [3.63, 3.8) is 0 Å². The van der Waals surface area contributed by atoms with Gasteiger partial charge in [-0.2, -0.15) is 5.26 Å². The summed E-state index contributed by atoms with van der Waals surface area (Å²) in [5.74, 6) is -2.51. The van der Waals surface area contributed by atoms with Crippen LogP contribution in [0.2, 0.25) is 0 Å². The van der Waals surface area contributed by atoms with Crippen molar-refractivity contribution in [1.29, 1.82) is 5.26 Å². The molecule has 1 amide bonds.